The van der Waals surface area contributed by atoms with E-state index in [2.05, 4.69) is 13.8 Å². The third-order valence-corrected chi connectivity index (χ3v) is 5.00. The third-order valence-electron chi connectivity index (χ3n) is 4.76. The normalized spacial score (nSPS) is 28.6. The predicted molar refractivity (Wildman–Crippen MR) is 85.2 cm³/mol. The van der Waals surface area contributed by atoms with Gasteiger partial charge in [0.05, 0.1) is 12.0 Å². The van der Waals surface area contributed by atoms with Crippen molar-refractivity contribution in [3.63, 3.8) is 0 Å². The smallest absolute Gasteiger partial charge is 0.170 e. The highest BCUT2D eigenvalue weighted by Gasteiger charge is 2.44. The van der Waals surface area contributed by atoms with E-state index in [9.17, 15) is 4.79 Å². The Labute approximate surface area is 131 Å². The van der Waals surface area contributed by atoms with Crippen molar-refractivity contribution in [2.45, 2.75) is 58.0 Å². The van der Waals surface area contributed by atoms with Crippen LogP contribution < -0.4 is 4.74 Å². The van der Waals surface area contributed by atoms with Crippen LogP contribution in [0.2, 0.25) is 5.02 Å². The molecular formula is C18H23ClO2. The quantitative estimate of drug-likeness (QED) is 0.743. The third kappa shape index (κ3) is 3.11. The first-order valence-corrected chi connectivity index (χ1v) is 8.37. The summed E-state index contributed by atoms with van der Waals surface area (Å²) >= 11 is 5.99. The highest BCUT2D eigenvalue weighted by Crippen LogP contribution is 2.45. The van der Waals surface area contributed by atoms with Crippen molar-refractivity contribution in [3.8, 4) is 5.75 Å². The summed E-state index contributed by atoms with van der Waals surface area (Å²) in [4.78, 5) is 12.5. The maximum Gasteiger partial charge on any atom is 0.170 e. The summed E-state index contributed by atoms with van der Waals surface area (Å²) in [6, 6.07) is 5.39. The lowest BCUT2D eigenvalue weighted by Gasteiger charge is -2.44. The van der Waals surface area contributed by atoms with Gasteiger partial charge in [-0.05, 0) is 55.7 Å². The molecule has 1 aromatic carbocycles. The van der Waals surface area contributed by atoms with Crippen molar-refractivity contribution in [1.29, 1.82) is 0 Å². The Bertz CT molecular complexity index is 552. The van der Waals surface area contributed by atoms with Gasteiger partial charge in [0.25, 0.3) is 0 Å². The number of Topliss-reactive ketones (excluding diaryl/α,β-unsaturated/α-hetero) is 1. The van der Waals surface area contributed by atoms with Gasteiger partial charge in [-0.3, -0.25) is 4.79 Å². The average Bonchev–Trinajstić information content (AvgIpc) is 2.39. The number of hydrogen-bond donors (Lipinski definition) is 0. The molecule has 2 aliphatic rings. The van der Waals surface area contributed by atoms with Crippen molar-refractivity contribution in [3.05, 3.63) is 28.8 Å². The van der Waals surface area contributed by atoms with Crippen molar-refractivity contribution in [2.24, 2.45) is 11.8 Å². The zero-order chi connectivity index (χ0) is 15.0. The van der Waals surface area contributed by atoms with Crippen molar-refractivity contribution >= 4 is 17.4 Å². The van der Waals surface area contributed by atoms with E-state index in [1.54, 1.807) is 12.1 Å². The largest absolute Gasteiger partial charge is 0.486 e. The lowest BCUT2D eigenvalue weighted by molar-refractivity contribution is -0.00684. The van der Waals surface area contributed by atoms with Gasteiger partial charge < -0.3 is 4.74 Å². The Hall–Kier alpha value is -1.02. The van der Waals surface area contributed by atoms with E-state index < -0.39 is 0 Å². The van der Waals surface area contributed by atoms with Crippen LogP contribution in [0.1, 0.15) is 62.7 Å². The SMILES string of the molecule is CC(C)CC1CCCC2(CC(=O)c3cc(Cl)ccc3O2)C1. The lowest BCUT2D eigenvalue weighted by Crippen LogP contribution is -2.46. The monoisotopic (exact) mass is 306 g/mol. The molecule has 3 heteroatoms. The molecule has 0 N–H and O–H groups in total. The average molecular weight is 307 g/mol. The van der Waals surface area contributed by atoms with E-state index in [-0.39, 0.29) is 11.4 Å². The summed E-state index contributed by atoms with van der Waals surface area (Å²) < 4.78 is 6.32. The molecular weight excluding hydrogens is 284 g/mol. The van der Waals surface area contributed by atoms with Crippen LogP contribution in [-0.4, -0.2) is 11.4 Å². The van der Waals surface area contributed by atoms with Gasteiger partial charge in [0.15, 0.2) is 5.78 Å². The number of carbonyl (C=O) groups is 1. The second-order valence-corrected chi connectivity index (χ2v) is 7.55. The van der Waals surface area contributed by atoms with Crippen LogP contribution in [0.15, 0.2) is 18.2 Å². The van der Waals surface area contributed by atoms with E-state index in [0.717, 1.165) is 25.0 Å². The standard InChI is InChI=1S/C18H23ClO2/c1-12(2)8-13-4-3-7-18(10-13)11-16(20)15-9-14(19)5-6-17(15)21-18/h5-6,9,12-13H,3-4,7-8,10-11H2,1-2H3. The molecule has 1 spiro atoms. The minimum absolute atomic E-state index is 0.184. The fourth-order valence-electron chi connectivity index (χ4n) is 4.03. The number of ether oxygens (including phenoxy) is 1. The summed E-state index contributed by atoms with van der Waals surface area (Å²) in [5, 5.41) is 0.600. The highest BCUT2D eigenvalue weighted by molar-refractivity contribution is 6.31. The number of rotatable bonds is 2. The van der Waals surface area contributed by atoms with Crippen molar-refractivity contribution < 1.29 is 9.53 Å². The molecule has 21 heavy (non-hydrogen) atoms. The first kappa shape index (κ1) is 14.9. The van der Waals surface area contributed by atoms with E-state index in [4.69, 9.17) is 16.3 Å². The molecule has 1 aromatic rings. The maximum atomic E-state index is 12.5. The molecule has 114 valence electrons. The maximum absolute atomic E-state index is 12.5. The fraction of sp³-hybridized carbons (Fsp3) is 0.611. The van der Waals surface area contributed by atoms with Crippen molar-refractivity contribution in [1.82, 2.24) is 0 Å². The van der Waals surface area contributed by atoms with Gasteiger partial charge in [0.1, 0.15) is 11.4 Å². The zero-order valence-electron chi connectivity index (χ0n) is 12.8. The molecule has 1 saturated carbocycles. The second-order valence-electron chi connectivity index (χ2n) is 7.12. The fourth-order valence-corrected chi connectivity index (χ4v) is 4.20. The molecule has 0 amide bonds. The van der Waals surface area contributed by atoms with Crippen LogP contribution in [0.3, 0.4) is 0 Å². The topological polar surface area (TPSA) is 26.3 Å². The number of halogens is 1. The Kier molecular flexibility index (Phi) is 4.00. The molecule has 1 aliphatic heterocycles. The van der Waals surface area contributed by atoms with Crippen LogP contribution in [0.4, 0.5) is 0 Å². The summed E-state index contributed by atoms with van der Waals surface area (Å²) in [7, 11) is 0. The van der Waals surface area contributed by atoms with Crippen LogP contribution in [0, 0.1) is 11.8 Å². The summed E-state index contributed by atoms with van der Waals surface area (Å²) in [5.41, 5.74) is 0.384. The summed E-state index contributed by atoms with van der Waals surface area (Å²) in [6.45, 7) is 4.54. The Morgan fingerprint density at radius 3 is 3.00 bits per heavy atom. The molecule has 0 aromatic heterocycles. The molecule has 1 heterocycles. The predicted octanol–water partition coefficient (Wildman–Crippen LogP) is 5.28. The van der Waals surface area contributed by atoms with Gasteiger partial charge in [0.2, 0.25) is 0 Å². The Balaban J connectivity index is 1.83. The van der Waals surface area contributed by atoms with Crippen LogP contribution in [0.5, 0.6) is 5.75 Å². The van der Waals surface area contributed by atoms with E-state index in [1.165, 1.54) is 12.8 Å². The Morgan fingerprint density at radius 2 is 2.24 bits per heavy atom. The number of ketones is 1. The first-order chi connectivity index (χ1) is 9.97. The van der Waals surface area contributed by atoms with Gasteiger partial charge in [0, 0.05) is 5.02 Å². The minimum atomic E-state index is -0.268. The van der Waals surface area contributed by atoms with Gasteiger partial charge in [-0.25, -0.2) is 0 Å². The van der Waals surface area contributed by atoms with E-state index in [0.29, 0.717) is 28.8 Å². The number of hydrogen-bond acceptors (Lipinski definition) is 2. The lowest BCUT2D eigenvalue weighted by atomic mass is 9.71. The van der Waals surface area contributed by atoms with Crippen LogP contribution in [-0.2, 0) is 0 Å². The molecule has 0 radical (unpaired) electrons. The Morgan fingerprint density at radius 1 is 1.43 bits per heavy atom. The number of fused-ring (bicyclic) bond motifs is 1. The molecule has 3 rings (SSSR count). The molecule has 0 saturated heterocycles. The van der Waals surface area contributed by atoms with Crippen LogP contribution >= 0.6 is 11.6 Å². The second kappa shape index (κ2) is 5.64. The van der Waals surface area contributed by atoms with Gasteiger partial charge >= 0.3 is 0 Å². The highest BCUT2D eigenvalue weighted by atomic mass is 35.5. The molecule has 2 atom stereocenters. The van der Waals surface area contributed by atoms with E-state index in [1.807, 2.05) is 6.07 Å². The van der Waals surface area contributed by atoms with Gasteiger partial charge in [-0.15, -0.1) is 0 Å². The summed E-state index contributed by atoms with van der Waals surface area (Å²) in [5.74, 6) is 2.29. The van der Waals surface area contributed by atoms with Crippen LogP contribution in [0.25, 0.3) is 0 Å². The minimum Gasteiger partial charge on any atom is -0.486 e. The molecule has 0 bridgehead atoms. The summed E-state index contributed by atoms with van der Waals surface area (Å²) in [6.07, 6.45) is 6.18. The molecule has 1 aliphatic carbocycles. The zero-order valence-corrected chi connectivity index (χ0v) is 13.6. The van der Waals surface area contributed by atoms with Crippen molar-refractivity contribution in [2.75, 3.05) is 0 Å². The molecule has 2 unspecified atom stereocenters. The van der Waals surface area contributed by atoms with Gasteiger partial charge in [-0.1, -0.05) is 31.9 Å². The first-order valence-electron chi connectivity index (χ1n) is 7.99. The van der Waals surface area contributed by atoms with Gasteiger partial charge in [-0.2, -0.15) is 0 Å². The number of carbonyl (C=O) groups excluding carboxylic acids is 1. The molecule has 2 nitrogen and oxygen atoms in total. The number of benzene rings is 1. The molecule has 1 fully saturated rings. The van der Waals surface area contributed by atoms with E-state index >= 15 is 0 Å².